The van der Waals surface area contributed by atoms with Crippen LogP contribution in [0.4, 0.5) is 0 Å². The number of carbonyl (C=O) groups is 2. The molecule has 2 amide bonds. The van der Waals surface area contributed by atoms with Crippen molar-refractivity contribution in [1.29, 1.82) is 0 Å². The van der Waals surface area contributed by atoms with Crippen molar-refractivity contribution in [2.45, 2.75) is 54.1 Å². The molecule has 6 nitrogen and oxygen atoms in total. The quantitative estimate of drug-likeness (QED) is 0.783. The van der Waals surface area contributed by atoms with Crippen molar-refractivity contribution in [2.24, 2.45) is 10.8 Å². The molecule has 2 unspecified atom stereocenters. The van der Waals surface area contributed by atoms with Crippen molar-refractivity contribution in [3.63, 3.8) is 0 Å². The normalized spacial score (nSPS) is 23.9. The maximum absolute atomic E-state index is 12.3. The highest BCUT2D eigenvalue weighted by Crippen LogP contribution is 2.24. The molecule has 0 radical (unpaired) electrons. The van der Waals surface area contributed by atoms with Crippen LogP contribution in [0.3, 0.4) is 0 Å². The molecule has 1 heterocycles. The highest BCUT2D eigenvalue weighted by Gasteiger charge is 2.39. The molecule has 0 saturated carbocycles. The van der Waals surface area contributed by atoms with Crippen LogP contribution in [0, 0.1) is 10.8 Å². The molecule has 0 aromatic heterocycles. The summed E-state index contributed by atoms with van der Waals surface area (Å²) in [5, 5.41) is 12.3. The zero-order valence-electron chi connectivity index (χ0n) is 13.2. The second-order valence-corrected chi connectivity index (χ2v) is 7.21. The fourth-order valence-electron chi connectivity index (χ4n) is 1.83. The Morgan fingerprint density at radius 2 is 1.75 bits per heavy atom. The Labute approximate surface area is 120 Å². The lowest BCUT2D eigenvalue weighted by Crippen LogP contribution is -2.49. The maximum Gasteiger partial charge on any atom is 0.230 e. The third kappa shape index (κ3) is 4.18. The van der Waals surface area contributed by atoms with E-state index in [1.807, 2.05) is 41.5 Å². The van der Waals surface area contributed by atoms with Crippen molar-refractivity contribution >= 4 is 11.8 Å². The van der Waals surface area contributed by atoms with Crippen molar-refractivity contribution in [2.75, 3.05) is 13.1 Å². The van der Waals surface area contributed by atoms with Crippen LogP contribution < -0.4 is 5.32 Å². The number of nitrogens with one attached hydrogen (secondary N) is 1. The van der Waals surface area contributed by atoms with Gasteiger partial charge in [-0.2, -0.15) is 0 Å². The van der Waals surface area contributed by atoms with E-state index in [1.165, 1.54) is 4.90 Å². The molecule has 1 rings (SSSR count). The number of aliphatic hydroxyl groups is 1. The second-order valence-electron chi connectivity index (χ2n) is 7.21. The van der Waals surface area contributed by atoms with Crippen LogP contribution in [0.1, 0.15) is 41.5 Å². The molecule has 116 valence electrons. The molecular formula is C14H26N2O4. The topological polar surface area (TPSA) is 78.9 Å². The summed E-state index contributed by atoms with van der Waals surface area (Å²) in [6.45, 7) is 11.2. The van der Waals surface area contributed by atoms with Crippen LogP contribution in [0.2, 0.25) is 0 Å². The van der Waals surface area contributed by atoms with Crippen LogP contribution in [0.15, 0.2) is 0 Å². The minimum absolute atomic E-state index is 0.107. The van der Waals surface area contributed by atoms with Crippen LogP contribution >= 0.6 is 0 Å². The van der Waals surface area contributed by atoms with E-state index >= 15 is 0 Å². The molecule has 0 spiro atoms. The molecular weight excluding hydrogens is 260 g/mol. The average molecular weight is 286 g/mol. The molecule has 20 heavy (non-hydrogen) atoms. The zero-order chi connectivity index (χ0) is 15.7. The fourth-order valence-corrected chi connectivity index (χ4v) is 1.83. The molecule has 2 atom stereocenters. The lowest BCUT2D eigenvalue weighted by molar-refractivity contribution is -0.147. The van der Waals surface area contributed by atoms with Crippen LogP contribution in [0.5, 0.6) is 0 Å². The Balaban J connectivity index is 2.68. The van der Waals surface area contributed by atoms with E-state index in [9.17, 15) is 14.7 Å². The van der Waals surface area contributed by atoms with E-state index < -0.39 is 23.3 Å². The van der Waals surface area contributed by atoms with E-state index in [0.29, 0.717) is 0 Å². The van der Waals surface area contributed by atoms with E-state index in [0.717, 1.165) is 0 Å². The Kier molecular flexibility index (Phi) is 4.82. The fraction of sp³-hybridized carbons (Fsp3) is 0.857. The van der Waals surface area contributed by atoms with Crippen LogP contribution in [-0.2, 0) is 14.3 Å². The Morgan fingerprint density at radius 1 is 1.20 bits per heavy atom. The third-order valence-corrected chi connectivity index (χ3v) is 3.04. The molecule has 2 N–H and O–H groups in total. The van der Waals surface area contributed by atoms with Gasteiger partial charge in [-0.15, -0.1) is 0 Å². The third-order valence-electron chi connectivity index (χ3n) is 3.04. The first kappa shape index (κ1) is 16.9. The van der Waals surface area contributed by atoms with Gasteiger partial charge in [-0.05, 0) is 0 Å². The summed E-state index contributed by atoms with van der Waals surface area (Å²) in [4.78, 5) is 25.6. The number of hydrogen-bond acceptors (Lipinski definition) is 4. The summed E-state index contributed by atoms with van der Waals surface area (Å²) in [7, 11) is 0. The summed E-state index contributed by atoms with van der Waals surface area (Å²) < 4.78 is 5.30. The maximum atomic E-state index is 12.3. The molecule has 1 saturated heterocycles. The Bertz CT molecular complexity index is 382. The monoisotopic (exact) mass is 286 g/mol. The first-order valence-electron chi connectivity index (χ1n) is 6.86. The number of rotatable bonds is 2. The van der Waals surface area contributed by atoms with E-state index in [1.54, 1.807) is 0 Å². The van der Waals surface area contributed by atoms with Gasteiger partial charge in [-0.3, -0.25) is 9.59 Å². The minimum Gasteiger partial charge on any atom is -0.366 e. The molecule has 6 heteroatoms. The van der Waals surface area contributed by atoms with Gasteiger partial charge in [0.2, 0.25) is 11.8 Å². The van der Waals surface area contributed by atoms with Gasteiger partial charge in [0.25, 0.3) is 0 Å². The van der Waals surface area contributed by atoms with Gasteiger partial charge in [0.1, 0.15) is 0 Å². The summed E-state index contributed by atoms with van der Waals surface area (Å²) in [6, 6.07) is 0. The number of β-amino-alcohol motifs (C(OH)–C–C–N with tert-alkyl or cyclic N) is 1. The first-order valence-corrected chi connectivity index (χ1v) is 6.86. The van der Waals surface area contributed by atoms with Crippen molar-refractivity contribution in [3.05, 3.63) is 0 Å². The summed E-state index contributed by atoms with van der Waals surface area (Å²) in [6.07, 6.45) is -1.62. The molecule has 1 aliphatic rings. The van der Waals surface area contributed by atoms with E-state index in [2.05, 4.69) is 5.32 Å². The number of ether oxygens (including phenoxy) is 1. The second kappa shape index (κ2) is 5.69. The van der Waals surface area contributed by atoms with Gasteiger partial charge in [0, 0.05) is 10.8 Å². The summed E-state index contributed by atoms with van der Waals surface area (Å²) in [5.74, 6) is -0.227. The molecule has 0 aromatic carbocycles. The van der Waals surface area contributed by atoms with Crippen LogP contribution in [0.25, 0.3) is 0 Å². The highest BCUT2D eigenvalue weighted by atomic mass is 16.6. The Morgan fingerprint density at radius 3 is 2.20 bits per heavy atom. The molecule has 1 fully saturated rings. The lowest BCUT2D eigenvalue weighted by Gasteiger charge is -2.30. The van der Waals surface area contributed by atoms with Gasteiger partial charge in [0.05, 0.1) is 13.1 Å². The number of carbonyl (C=O) groups excluding carboxylic acids is 2. The Hall–Kier alpha value is -1.14. The molecule has 0 aliphatic carbocycles. The number of hydrogen-bond donors (Lipinski definition) is 2. The molecule has 1 aliphatic heterocycles. The predicted molar refractivity (Wildman–Crippen MR) is 74.5 cm³/mol. The van der Waals surface area contributed by atoms with Gasteiger partial charge in [0.15, 0.2) is 12.5 Å². The largest absolute Gasteiger partial charge is 0.366 e. The molecule has 0 aromatic rings. The number of aliphatic hydroxyl groups excluding tert-OH is 1. The van der Waals surface area contributed by atoms with E-state index in [-0.39, 0.29) is 24.9 Å². The van der Waals surface area contributed by atoms with Crippen molar-refractivity contribution < 1.29 is 19.4 Å². The minimum atomic E-state index is -1.00. The lowest BCUT2D eigenvalue weighted by atomic mass is 9.94. The van der Waals surface area contributed by atoms with Crippen molar-refractivity contribution in [3.8, 4) is 0 Å². The predicted octanol–water partition coefficient (Wildman–Crippen LogP) is 0.698. The first-order chi connectivity index (χ1) is 8.93. The van der Waals surface area contributed by atoms with E-state index in [4.69, 9.17) is 4.74 Å². The standard InChI is InChI=1S/C14H26N2O4/c1-13(2,3)11(18)15-7-9-16(8-10(17)20-9)12(19)14(4,5)6/h9-10,17H,7-8H2,1-6H3,(H,15,18). The summed E-state index contributed by atoms with van der Waals surface area (Å²) >= 11 is 0. The summed E-state index contributed by atoms with van der Waals surface area (Å²) in [5.41, 5.74) is -1.06. The van der Waals surface area contributed by atoms with Crippen LogP contribution in [-0.4, -0.2) is 47.4 Å². The van der Waals surface area contributed by atoms with Gasteiger partial charge in [-0.1, -0.05) is 41.5 Å². The number of nitrogens with zero attached hydrogens (tertiary/aromatic N) is 1. The van der Waals surface area contributed by atoms with Gasteiger partial charge < -0.3 is 20.1 Å². The highest BCUT2D eigenvalue weighted by molar-refractivity contribution is 5.83. The number of amides is 2. The van der Waals surface area contributed by atoms with Gasteiger partial charge >= 0.3 is 0 Å². The van der Waals surface area contributed by atoms with Crippen molar-refractivity contribution in [1.82, 2.24) is 10.2 Å². The SMILES string of the molecule is CC(C)(C)C(=O)NCC1OC(O)CN1C(=O)C(C)(C)C. The molecule has 0 bridgehead atoms. The smallest absolute Gasteiger partial charge is 0.230 e. The average Bonchev–Trinajstić information content (AvgIpc) is 2.63. The zero-order valence-corrected chi connectivity index (χ0v) is 13.2. The van der Waals surface area contributed by atoms with Gasteiger partial charge in [-0.25, -0.2) is 0 Å².